The summed E-state index contributed by atoms with van der Waals surface area (Å²) in [7, 11) is 0. The Morgan fingerprint density at radius 3 is 2.61 bits per heavy atom. The fourth-order valence-corrected chi connectivity index (χ4v) is 2.96. The molecular weight excluding hydrogens is 368 g/mol. The molecule has 148 valence electrons. The Morgan fingerprint density at radius 2 is 1.89 bits per heavy atom. The number of amides is 2. The van der Waals surface area contributed by atoms with Crippen LogP contribution in [-0.4, -0.2) is 37.6 Å². The van der Waals surface area contributed by atoms with Crippen LogP contribution < -0.4 is 20.3 Å². The molecule has 0 bridgehead atoms. The summed E-state index contributed by atoms with van der Waals surface area (Å²) in [4.78, 5) is 26.4. The number of ether oxygens (including phenoxy) is 1. The molecule has 0 fully saturated rings. The summed E-state index contributed by atoms with van der Waals surface area (Å²) in [6.45, 7) is 2.56. The van der Waals surface area contributed by atoms with Crippen molar-refractivity contribution in [3.05, 3.63) is 54.1 Å². The van der Waals surface area contributed by atoms with E-state index in [4.69, 9.17) is 4.74 Å². The Balaban J connectivity index is 1.73. The van der Waals surface area contributed by atoms with Crippen molar-refractivity contribution < 1.29 is 23.1 Å². The Kier molecular flexibility index (Phi) is 6.08. The first-order valence-corrected chi connectivity index (χ1v) is 9.00. The van der Waals surface area contributed by atoms with E-state index in [0.717, 1.165) is 24.6 Å². The van der Waals surface area contributed by atoms with Gasteiger partial charge in [-0.2, -0.15) is 0 Å². The van der Waals surface area contributed by atoms with Crippen molar-refractivity contribution in [2.45, 2.75) is 19.4 Å². The number of benzene rings is 2. The predicted octanol–water partition coefficient (Wildman–Crippen LogP) is 2.70. The molecule has 0 unspecified atom stereocenters. The van der Waals surface area contributed by atoms with Crippen LogP contribution in [0.15, 0.2) is 42.5 Å². The van der Waals surface area contributed by atoms with Gasteiger partial charge >= 0.3 is 0 Å². The van der Waals surface area contributed by atoms with Crippen LogP contribution in [-0.2, 0) is 9.59 Å². The van der Waals surface area contributed by atoms with E-state index in [0.29, 0.717) is 18.0 Å². The summed E-state index contributed by atoms with van der Waals surface area (Å²) >= 11 is 0. The van der Waals surface area contributed by atoms with E-state index in [2.05, 4.69) is 10.6 Å². The lowest BCUT2D eigenvalue weighted by molar-refractivity contribution is -0.128. The highest BCUT2D eigenvalue weighted by molar-refractivity contribution is 5.95. The van der Waals surface area contributed by atoms with E-state index in [1.165, 1.54) is 0 Å². The van der Waals surface area contributed by atoms with Gasteiger partial charge in [0.1, 0.15) is 17.4 Å². The number of hydrogen-bond donors (Lipinski definition) is 2. The second-order valence-corrected chi connectivity index (χ2v) is 6.45. The van der Waals surface area contributed by atoms with Crippen molar-refractivity contribution in [2.24, 2.45) is 0 Å². The third-order valence-corrected chi connectivity index (χ3v) is 4.18. The van der Waals surface area contributed by atoms with Crippen LogP contribution in [0.2, 0.25) is 0 Å². The van der Waals surface area contributed by atoms with Gasteiger partial charge in [0.25, 0.3) is 5.91 Å². The molecule has 0 spiro atoms. The minimum absolute atomic E-state index is 0.0290. The van der Waals surface area contributed by atoms with Gasteiger partial charge in [-0.05, 0) is 30.7 Å². The summed E-state index contributed by atoms with van der Waals surface area (Å²) in [6, 6.07) is 9.88. The molecule has 1 aliphatic rings. The lowest BCUT2D eigenvalue weighted by Crippen LogP contribution is -2.50. The number of rotatable bonds is 6. The second-order valence-electron chi connectivity index (χ2n) is 6.45. The van der Waals surface area contributed by atoms with Crippen LogP contribution in [0.25, 0.3) is 0 Å². The molecule has 2 N–H and O–H groups in total. The van der Waals surface area contributed by atoms with Crippen molar-refractivity contribution in [3.8, 4) is 5.75 Å². The van der Waals surface area contributed by atoms with Crippen LogP contribution in [0.3, 0.4) is 0 Å². The number of carbonyl (C=O) groups is 2. The SMILES string of the molecule is CCCNC(=O)[C@H]1CN(CC(=O)Nc2cc(F)cc(F)c2)c2ccccc2O1. The van der Waals surface area contributed by atoms with Crippen LogP contribution in [0, 0.1) is 11.6 Å². The molecule has 0 saturated carbocycles. The normalized spacial score (nSPS) is 15.4. The molecule has 0 aliphatic carbocycles. The average Bonchev–Trinajstić information content (AvgIpc) is 2.65. The van der Waals surface area contributed by atoms with Crippen molar-refractivity contribution >= 4 is 23.2 Å². The third kappa shape index (κ3) is 4.76. The lowest BCUT2D eigenvalue weighted by atomic mass is 10.1. The van der Waals surface area contributed by atoms with Crippen molar-refractivity contribution in [1.29, 1.82) is 0 Å². The van der Waals surface area contributed by atoms with Gasteiger partial charge in [0.15, 0.2) is 6.10 Å². The summed E-state index contributed by atoms with van der Waals surface area (Å²) in [6.07, 6.45) is 0.0339. The van der Waals surface area contributed by atoms with E-state index in [1.54, 1.807) is 29.2 Å². The van der Waals surface area contributed by atoms with E-state index >= 15 is 0 Å². The molecular formula is C20H21F2N3O3. The summed E-state index contributed by atoms with van der Waals surface area (Å²) in [5, 5.41) is 5.26. The average molecular weight is 389 g/mol. The Hall–Kier alpha value is -3.16. The molecule has 3 rings (SSSR count). The predicted molar refractivity (Wildman–Crippen MR) is 101 cm³/mol. The monoisotopic (exact) mass is 389 g/mol. The van der Waals surface area contributed by atoms with Crippen molar-refractivity contribution in [3.63, 3.8) is 0 Å². The topological polar surface area (TPSA) is 70.7 Å². The van der Waals surface area contributed by atoms with Crippen molar-refractivity contribution in [1.82, 2.24) is 5.32 Å². The number of carbonyl (C=O) groups excluding carboxylic acids is 2. The van der Waals surface area contributed by atoms with Gasteiger partial charge in [0.05, 0.1) is 18.8 Å². The molecule has 0 radical (unpaired) electrons. The smallest absolute Gasteiger partial charge is 0.262 e. The van der Waals surface area contributed by atoms with E-state index in [9.17, 15) is 18.4 Å². The molecule has 0 aromatic heterocycles. The summed E-state index contributed by atoms with van der Waals surface area (Å²) < 4.78 is 32.4. The zero-order valence-electron chi connectivity index (χ0n) is 15.4. The molecule has 6 nitrogen and oxygen atoms in total. The number of hydrogen-bond acceptors (Lipinski definition) is 4. The number of halogens is 2. The first-order chi connectivity index (χ1) is 13.5. The van der Waals surface area contributed by atoms with Gasteiger partial charge in [-0.1, -0.05) is 19.1 Å². The maximum Gasteiger partial charge on any atom is 0.262 e. The zero-order chi connectivity index (χ0) is 20.1. The van der Waals surface area contributed by atoms with Crippen LogP contribution in [0.5, 0.6) is 5.75 Å². The van der Waals surface area contributed by atoms with E-state index in [-0.39, 0.29) is 24.7 Å². The molecule has 1 heterocycles. The zero-order valence-corrected chi connectivity index (χ0v) is 15.4. The van der Waals surface area contributed by atoms with Gasteiger partial charge in [-0.3, -0.25) is 9.59 Å². The number of anilines is 2. The third-order valence-electron chi connectivity index (χ3n) is 4.18. The number of fused-ring (bicyclic) bond motifs is 1. The maximum atomic E-state index is 13.3. The molecule has 1 aliphatic heterocycles. The molecule has 2 aromatic carbocycles. The Bertz CT molecular complexity index is 855. The first-order valence-electron chi connectivity index (χ1n) is 9.00. The highest BCUT2D eigenvalue weighted by atomic mass is 19.1. The minimum Gasteiger partial charge on any atom is -0.477 e. The van der Waals surface area contributed by atoms with Gasteiger partial charge in [0, 0.05) is 18.3 Å². The second kappa shape index (κ2) is 8.69. The van der Waals surface area contributed by atoms with Gasteiger partial charge < -0.3 is 20.3 Å². The fraction of sp³-hybridized carbons (Fsp3) is 0.300. The van der Waals surface area contributed by atoms with E-state index < -0.39 is 23.6 Å². The Labute approximate surface area is 161 Å². The van der Waals surface area contributed by atoms with E-state index in [1.807, 2.05) is 6.92 Å². The fourth-order valence-electron chi connectivity index (χ4n) is 2.96. The quantitative estimate of drug-likeness (QED) is 0.797. The van der Waals surface area contributed by atoms with Gasteiger partial charge in [-0.25, -0.2) is 8.78 Å². The lowest BCUT2D eigenvalue weighted by Gasteiger charge is -2.35. The van der Waals surface area contributed by atoms with Crippen LogP contribution in [0.4, 0.5) is 20.2 Å². The highest BCUT2D eigenvalue weighted by Crippen LogP contribution is 2.33. The Morgan fingerprint density at radius 1 is 1.18 bits per heavy atom. The minimum atomic E-state index is -0.778. The maximum absolute atomic E-state index is 13.3. The van der Waals surface area contributed by atoms with Crippen LogP contribution >= 0.6 is 0 Å². The van der Waals surface area contributed by atoms with Crippen LogP contribution in [0.1, 0.15) is 13.3 Å². The standard InChI is InChI=1S/C20H21F2N3O3/c1-2-7-23-20(27)18-11-25(16-5-3-4-6-17(16)28-18)12-19(26)24-15-9-13(21)8-14(22)10-15/h3-6,8-10,18H,2,7,11-12H2,1H3,(H,23,27)(H,24,26)/t18-/m1/s1. The van der Waals surface area contributed by atoms with Gasteiger partial charge in [-0.15, -0.1) is 0 Å². The molecule has 2 amide bonds. The molecule has 1 atom stereocenters. The van der Waals surface area contributed by atoms with Crippen molar-refractivity contribution in [2.75, 3.05) is 29.9 Å². The number of nitrogens with zero attached hydrogens (tertiary/aromatic N) is 1. The molecule has 28 heavy (non-hydrogen) atoms. The van der Waals surface area contributed by atoms with Gasteiger partial charge in [0.2, 0.25) is 5.91 Å². The number of para-hydroxylation sites is 2. The number of nitrogens with one attached hydrogen (secondary N) is 2. The summed E-state index contributed by atoms with van der Waals surface area (Å²) in [5.74, 6) is -1.78. The molecule has 8 heteroatoms. The highest BCUT2D eigenvalue weighted by Gasteiger charge is 2.31. The first kappa shape index (κ1) is 19.6. The summed E-state index contributed by atoms with van der Waals surface area (Å²) in [5.41, 5.74) is 0.698. The molecule has 0 saturated heterocycles. The largest absolute Gasteiger partial charge is 0.477 e. The molecule has 2 aromatic rings.